The number of halogens is 14. The second-order valence-corrected chi connectivity index (χ2v) is 15.1. The van der Waals surface area contributed by atoms with Gasteiger partial charge >= 0.3 is 0 Å². The largest absolute Gasteiger partial charge is 0.226 e. The van der Waals surface area contributed by atoms with Gasteiger partial charge in [0, 0.05) is 0 Å². The van der Waals surface area contributed by atoms with Crippen molar-refractivity contribution in [2.24, 2.45) is 0 Å². The first-order valence-electron chi connectivity index (χ1n) is 6.39. The standard InChI is InChI=1S/C13H6Cl14/c1-5-6(8(14,15)10(18,19)12(22,23)24)3-2-4-7(5)9(16,17)11(20,21)13(25,26)27/h2-4H,1H3. The van der Waals surface area contributed by atoms with Crippen molar-refractivity contribution >= 4 is 162 Å². The summed E-state index contributed by atoms with van der Waals surface area (Å²) in [6, 6.07) is 4.37. The summed E-state index contributed by atoms with van der Waals surface area (Å²) in [6.45, 7) is 1.52. The van der Waals surface area contributed by atoms with E-state index in [9.17, 15) is 0 Å². The summed E-state index contributed by atoms with van der Waals surface area (Å²) in [5.41, 5.74) is 0.449. The van der Waals surface area contributed by atoms with Crippen LogP contribution < -0.4 is 0 Å². The molecule has 27 heavy (non-hydrogen) atoms. The van der Waals surface area contributed by atoms with Gasteiger partial charge in [-0.15, -0.1) is 0 Å². The van der Waals surface area contributed by atoms with Gasteiger partial charge in [-0.25, -0.2) is 0 Å². The fraction of sp³-hybridized carbons (Fsp3) is 0.538. The molecule has 0 spiro atoms. The van der Waals surface area contributed by atoms with Crippen LogP contribution in [0.2, 0.25) is 0 Å². The predicted molar refractivity (Wildman–Crippen MR) is 127 cm³/mol. The van der Waals surface area contributed by atoms with Gasteiger partial charge in [0.25, 0.3) is 0 Å². The normalized spacial score (nSPS) is 15.2. The lowest BCUT2D eigenvalue weighted by Crippen LogP contribution is -2.47. The summed E-state index contributed by atoms with van der Waals surface area (Å²) < 4.78 is -13.4. The number of hydrogen-bond acceptors (Lipinski definition) is 0. The topological polar surface area (TPSA) is 0 Å². The SMILES string of the molecule is Cc1c(C(Cl)(Cl)C(Cl)(Cl)C(Cl)(Cl)Cl)cccc1C(Cl)(Cl)C(Cl)(Cl)C(Cl)(Cl)Cl. The molecule has 0 aliphatic carbocycles. The first-order chi connectivity index (χ1) is 11.6. The lowest BCUT2D eigenvalue weighted by atomic mass is 9.94. The maximum atomic E-state index is 6.39. The van der Waals surface area contributed by atoms with E-state index in [4.69, 9.17) is 162 Å². The number of hydrogen-bond donors (Lipinski definition) is 0. The third kappa shape index (κ3) is 5.11. The fourth-order valence-corrected chi connectivity index (χ4v) is 5.23. The average molecular weight is 659 g/mol. The molecule has 156 valence electrons. The zero-order valence-corrected chi connectivity index (χ0v) is 23.1. The smallest absolute Gasteiger partial charge is 0.0930 e. The van der Waals surface area contributed by atoms with Crippen LogP contribution in [0.1, 0.15) is 16.7 Å². The van der Waals surface area contributed by atoms with E-state index in [1.165, 1.54) is 25.1 Å². The Morgan fingerprint density at radius 2 is 0.778 bits per heavy atom. The van der Waals surface area contributed by atoms with E-state index < -0.39 is 24.9 Å². The van der Waals surface area contributed by atoms with Gasteiger partial charge in [0.2, 0.25) is 16.3 Å². The molecule has 1 aromatic carbocycles. The lowest BCUT2D eigenvalue weighted by molar-refractivity contribution is 0.674. The van der Waals surface area contributed by atoms with Crippen molar-refractivity contribution in [1.29, 1.82) is 0 Å². The van der Waals surface area contributed by atoms with Crippen LogP contribution in [0, 0.1) is 6.92 Å². The molecule has 0 aromatic heterocycles. The lowest BCUT2D eigenvalue weighted by Gasteiger charge is -2.41. The van der Waals surface area contributed by atoms with Crippen LogP contribution in [-0.4, -0.2) is 16.3 Å². The number of benzene rings is 1. The van der Waals surface area contributed by atoms with Crippen LogP contribution in [0.5, 0.6) is 0 Å². The van der Waals surface area contributed by atoms with Gasteiger partial charge in [0.1, 0.15) is 0 Å². The maximum Gasteiger partial charge on any atom is 0.226 e. The highest BCUT2D eigenvalue weighted by Crippen LogP contribution is 2.64. The second kappa shape index (κ2) is 8.90. The summed E-state index contributed by atoms with van der Waals surface area (Å²) in [5, 5.41) is 0. The van der Waals surface area contributed by atoms with Crippen LogP contribution in [0.25, 0.3) is 0 Å². The van der Waals surface area contributed by atoms with E-state index in [2.05, 4.69) is 0 Å². The van der Waals surface area contributed by atoms with Crippen molar-refractivity contribution in [1.82, 2.24) is 0 Å². The van der Waals surface area contributed by atoms with Gasteiger partial charge in [-0.1, -0.05) is 181 Å². The van der Waals surface area contributed by atoms with E-state index in [0.717, 1.165) is 0 Å². The maximum absolute atomic E-state index is 6.39. The van der Waals surface area contributed by atoms with E-state index in [-0.39, 0.29) is 16.7 Å². The van der Waals surface area contributed by atoms with Crippen molar-refractivity contribution in [3.63, 3.8) is 0 Å². The third-order valence-electron chi connectivity index (χ3n) is 3.51. The summed E-state index contributed by atoms with van der Waals surface area (Å²) in [7, 11) is 0. The molecule has 0 unspecified atom stereocenters. The molecule has 0 aliphatic heterocycles. The average Bonchev–Trinajstić information content (AvgIpc) is 2.44. The quantitative estimate of drug-likeness (QED) is 0.283. The molecule has 0 atom stereocenters. The Balaban J connectivity index is 3.71. The summed E-state index contributed by atoms with van der Waals surface area (Å²) in [5.74, 6) is 0. The molecule has 0 saturated heterocycles. The van der Waals surface area contributed by atoms with E-state index in [1.807, 2.05) is 0 Å². The minimum atomic E-state index is -2.30. The first kappa shape index (κ1) is 28.3. The Hall–Kier alpha value is 3.28. The Morgan fingerprint density at radius 1 is 0.519 bits per heavy atom. The highest BCUT2D eigenvalue weighted by molar-refractivity contribution is 6.79. The van der Waals surface area contributed by atoms with Crippen LogP contribution in [0.15, 0.2) is 18.2 Å². The third-order valence-corrected chi connectivity index (χ3v) is 11.4. The van der Waals surface area contributed by atoms with Crippen molar-refractivity contribution in [3.05, 3.63) is 34.9 Å². The Labute approximate surface area is 226 Å². The highest BCUT2D eigenvalue weighted by atomic mass is 35.6. The zero-order valence-electron chi connectivity index (χ0n) is 12.5. The molecule has 0 aliphatic rings. The molecular weight excluding hydrogens is 652 g/mol. The van der Waals surface area contributed by atoms with E-state index in [1.54, 1.807) is 0 Å². The Kier molecular flexibility index (Phi) is 9.34. The molecule has 0 N–H and O–H groups in total. The summed E-state index contributed by atoms with van der Waals surface area (Å²) >= 11 is 85.2. The zero-order chi connectivity index (χ0) is 21.9. The molecule has 0 radical (unpaired) electrons. The Bertz CT molecular complexity index is 638. The van der Waals surface area contributed by atoms with Gasteiger partial charge in [0.15, 0.2) is 8.67 Å². The highest BCUT2D eigenvalue weighted by Gasteiger charge is 2.63. The van der Waals surface area contributed by atoms with Crippen molar-refractivity contribution in [3.8, 4) is 0 Å². The van der Waals surface area contributed by atoms with Gasteiger partial charge in [-0.05, 0) is 23.6 Å². The summed E-state index contributed by atoms with van der Waals surface area (Å²) in [6.07, 6.45) is 0. The van der Waals surface area contributed by atoms with Gasteiger partial charge in [-0.2, -0.15) is 0 Å². The molecule has 0 nitrogen and oxygen atoms in total. The number of alkyl halides is 14. The molecular formula is C13H6Cl14. The minimum Gasteiger partial charge on any atom is -0.0930 e. The molecule has 0 fully saturated rings. The van der Waals surface area contributed by atoms with E-state index >= 15 is 0 Å². The van der Waals surface area contributed by atoms with E-state index in [0.29, 0.717) is 0 Å². The van der Waals surface area contributed by atoms with Gasteiger partial charge < -0.3 is 0 Å². The predicted octanol–water partition coefficient (Wildman–Crippen LogP) is 10.3. The monoisotopic (exact) mass is 652 g/mol. The van der Waals surface area contributed by atoms with Crippen molar-refractivity contribution < 1.29 is 0 Å². The molecule has 1 aromatic rings. The van der Waals surface area contributed by atoms with Crippen molar-refractivity contribution in [2.45, 2.75) is 31.8 Å². The molecule has 1 rings (SSSR count). The van der Waals surface area contributed by atoms with Gasteiger partial charge in [0.05, 0.1) is 0 Å². The van der Waals surface area contributed by atoms with Crippen LogP contribution >= 0.6 is 162 Å². The second-order valence-electron chi connectivity index (χ2n) is 5.27. The van der Waals surface area contributed by atoms with Crippen LogP contribution in [0.4, 0.5) is 0 Å². The van der Waals surface area contributed by atoms with Crippen LogP contribution in [-0.2, 0) is 8.67 Å². The molecule has 0 saturated carbocycles. The minimum absolute atomic E-state index is 0.0961. The van der Waals surface area contributed by atoms with Crippen LogP contribution in [0.3, 0.4) is 0 Å². The molecule has 14 heteroatoms. The fourth-order valence-electron chi connectivity index (χ4n) is 2.01. The summed E-state index contributed by atoms with van der Waals surface area (Å²) in [4.78, 5) is 0. The van der Waals surface area contributed by atoms with Gasteiger partial charge in [-0.3, -0.25) is 0 Å². The molecule has 0 amide bonds. The molecule has 0 bridgehead atoms. The Morgan fingerprint density at radius 3 is 1.00 bits per heavy atom. The number of rotatable bonds is 4. The molecule has 0 heterocycles. The van der Waals surface area contributed by atoms with Crippen molar-refractivity contribution in [2.75, 3.05) is 0 Å². The first-order valence-corrected chi connectivity index (χ1v) is 11.7.